The van der Waals surface area contributed by atoms with Crippen molar-refractivity contribution in [2.75, 3.05) is 0 Å². The second kappa shape index (κ2) is 2.78. The molecule has 66 valence electrons. The van der Waals surface area contributed by atoms with Gasteiger partial charge in [0.05, 0.1) is 6.10 Å². The molecular weight excluding hydrogens is 136 g/mol. The van der Waals surface area contributed by atoms with Gasteiger partial charge in [-0.05, 0) is 30.1 Å². The fraction of sp³-hybridized carbons (Fsp3) is 1.00. The van der Waals surface area contributed by atoms with Crippen molar-refractivity contribution < 1.29 is 5.11 Å². The molecule has 0 aliphatic heterocycles. The maximum Gasteiger partial charge on any atom is 0.0545 e. The summed E-state index contributed by atoms with van der Waals surface area (Å²) in [6.07, 6.45) is 2.06. The monoisotopic (exact) mass is 156 g/mol. The minimum atomic E-state index is 0.00444. The molecular formula is C10H20O. The smallest absolute Gasteiger partial charge is 0.0545 e. The Hall–Kier alpha value is -0.0400. The van der Waals surface area contributed by atoms with E-state index >= 15 is 0 Å². The van der Waals surface area contributed by atoms with E-state index in [-0.39, 0.29) is 6.10 Å². The highest BCUT2D eigenvalue weighted by Gasteiger charge is 2.36. The predicted octanol–water partition coefficient (Wildman–Crippen LogP) is 2.44. The molecule has 0 aromatic carbocycles. The first-order valence-corrected chi connectivity index (χ1v) is 4.59. The fourth-order valence-corrected chi connectivity index (χ4v) is 1.75. The van der Waals surface area contributed by atoms with Gasteiger partial charge in [0.15, 0.2) is 0 Å². The molecule has 0 bridgehead atoms. The van der Waals surface area contributed by atoms with Crippen LogP contribution in [0.25, 0.3) is 0 Å². The van der Waals surface area contributed by atoms with E-state index in [4.69, 9.17) is 5.11 Å². The average molecular weight is 156 g/mol. The second-order valence-corrected chi connectivity index (χ2v) is 5.04. The Kier molecular flexibility index (Phi) is 2.29. The lowest BCUT2D eigenvalue weighted by Crippen LogP contribution is -2.37. The van der Waals surface area contributed by atoms with E-state index in [9.17, 15) is 0 Å². The molecule has 0 aromatic rings. The molecule has 1 saturated carbocycles. The van der Waals surface area contributed by atoms with Crippen LogP contribution in [0.1, 0.15) is 40.5 Å². The van der Waals surface area contributed by atoms with Gasteiger partial charge in [-0.25, -0.2) is 0 Å². The van der Waals surface area contributed by atoms with Gasteiger partial charge in [-0.2, -0.15) is 0 Å². The minimum absolute atomic E-state index is 0.00444. The van der Waals surface area contributed by atoms with Crippen LogP contribution >= 0.6 is 0 Å². The molecule has 0 heterocycles. The van der Waals surface area contributed by atoms with Crippen LogP contribution in [0.4, 0.5) is 0 Å². The molecule has 0 spiro atoms. The van der Waals surface area contributed by atoms with Crippen molar-refractivity contribution in [2.45, 2.75) is 46.6 Å². The van der Waals surface area contributed by atoms with Gasteiger partial charge in [0.25, 0.3) is 0 Å². The van der Waals surface area contributed by atoms with Crippen molar-refractivity contribution in [1.82, 2.24) is 0 Å². The Bertz CT molecular complexity index is 128. The van der Waals surface area contributed by atoms with Crippen LogP contribution in [-0.2, 0) is 0 Å². The van der Waals surface area contributed by atoms with Gasteiger partial charge in [0, 0.05) is 0 Å². The first-order valence-electron chi connectivity index (χ1n) is 4.59. The number of aliphatic hydroxyl groups excluding tert-OH is 1. The van der Waals surface area contributed by atoms with Crippen molar-refractivity contribution in [2.24, 2.45) is 17.3 Å². The van der Waals surface area contributed by atoms with E-state index < -0.39 is 0 Å². The normalized spacial score (nSPS) is 34.6. The molecule has 0 aromatic heterocycles. The lowest BCUT2D eigenvalue weighted by atomic mass is 9.65. The average Bonchev–Trinajstić information content (AvgIpc) is 1.77. The molecule has 1 aliphatic rings. The van der Waals surface area contributed by atoms with Crippen molar-refractivity contribution in [3.05, 3.63) is 0 Å². The third-order valence-corrected chi connectivity index (χ3v) is 3.22. The lowest BCUT2D eigenvalue weighted by molar-refractivity contribution is -0.00943. The van der Waals surface area contributed by atoms with E-state index in [1.165, 1.54) is 0 Å². The van der Waals surface area contributed by atoms with E-state index in [0.717, 1.165) is 24.7 Å². The zero-order valence-electron chi connectivity index (χ0n) is 8.09. The summed E-state index contributed by atoms with van der Waals surface area (Å²) in [7, 11) is 0. The van der Waals surface area contributed by atoms with Crippen LogP contribution in [-0.4, -0.2) is 11.2 Å². The van der Waals surface area contributed by atoms with Crippen molar-refractivity contribution in [1.29, 1.82) is 0 Å². The molecule has 1 atom stereocenters. The van der Waals surface area contributed by atoms with Crippen LogP contribution in [0.15, 0.2) is 0 Å². The summed E-state index contributed by atoms with van der Waals surface area (Å²) in [6, 6.07) is 0. The zero-order valence-corrected chi connectivity index (χ0v) is 8.09. The lowest BCUT2D eigenvalue weighted by Gasteiger charge is -2.42. The summed E-state index contributed by atoms with van der Waals surface area (Å²) in [5, 5.41) is 9.13. The summed E-state index contributed by atoms with van der Waals surface area (Å²) >= 11 is 0. The predicted molar refractivity (Wildman–Crippen MR) is 47.3 cm³/mol. The van der Waals surface area contributed by atoms with Crippen LogP contribution in [0.5, 0.6) is 0 Å². The first kappa shape index (κ1) is 9.05. The number of aliphatic hydroxyl groups is 1. The first-order chi connectivity index (χ1) is 4.91. The fourth-order valence-electron chi connectivity index (χ4n) is 1.75. The molecule has 1 aliphatic carbocycles. The summed E-state index contributed by atoms with van der Waals surface area (Å²) in [5.41, 5.74) is 0.408. The summed E-state index contributed by atoms with van der Waals surface area (Å²) in [6.45, 7) is 9.14. The van der Waals surface area contributed by atoms with Gasteiger partial charge in [0.2, 0.25) is 0 Å². The van der Waals surface area contributed by atoms with E-state index in [1.54, 1.807) is 0 Å². The van der Waals surface area contributed by atoms with Gasteiger partial charge in [0.1, 0.15) is 0 Å². The highest BCUT2D eigenvalue weighted by Crippen LogP contribution is 2.42. The SMILES string of the molecule is C[C@H](C1CC(O)C1)C(C)(C)C. The highest BCUT2D eigenvalue weighted by atomic mass is 16.3. The molecule has 1 N–H and O–H groups in total. The van der Waals surface area contributed by atoms with Crippen LogP contribution < -0.4 is 0 Å². The Morgan fingerprint density at radius 1 is 1.27 bits per heavy atom. The Labute approximate surface area is 69.8 Å². The number of hydrogen-bond donors (Lipinski definition) is 1. The summed E-state index contributed by atoms with van der Waals surface area (Å²) < 4.78 is 0. The van der Waals surface area contributed by atoms with Crippen LogP contribution in [0.3, 0.4) is 0 Å². The third-order valence-electron chi connectivity index (χ3n) is 3.22. The van der Waals surface area contributed by atoms with Crippen LogP contribution in [0.2, 0.25) is 0 Å². The minimum Gasteiger partial charge on any atom is -0.393 e. The van der Waals surface area contributed by atoms with E-state index in [2.05, 4.69) is 27.7 Å². The quantitative estimate of drug-likeness (QED) is 0.618. The molecule has 1 nitrogen and oxygen atoms in total. The molecule has 0 unspecified atom stereocenters. The zero-order chi connectivity index (χ0) is 8.65. The van der Waals surface area contributed by atoms with Gasteiger partial charge in [-0.3, -0.25) is 0 Å². The van der Waals surface area contributed by atoms with Gasteiger partial charge in [-0.1, -0.05) is 27.7 Å². The molecule has 0 radical (unpaired) electrons. The van der Waals surface area contributed by atoms with Gasteiger partial charge < -0.3 is 5.11 Å². The second-order valence-electron chi connectivity index (χ2n) is 5.04. The van der Waals surface area contributed by atoms with Crippen molar-refractivity contribution >= 4 is 0 Å². The number of hydrogen-bond acceptors (Lipinski definition) is 1. The Morgan fingerprint density at radius 2 is 1.73 bits per heavy atom. The molecule has 1 heteroatoms. The largest absolute Gasteiger partial charge is 0.393 e. The van der Waals surface area contributed by atoms with Crippen LogP contribution in [0, 0.1) is 17.3 Å². The molecule has 1 rings (SSSR count). The Morgan fingerprint density at radius 3 is 2.00 bits per heavy atom. The highest BCUT2D eigenvalue weighted by molar-refractivity contribution is 4.87. The summed E-state index contributed by atoms with van der Waals surface area (Å²) in [5.74, 6) is 1.51. The van der Waals surface area contributed by atoms with Gasteiger partial charge >= 0.3 is 0 Å². The van der Waals surface area contributed by atoms with Crippen molar-refractivity contribution in [3.63, 3.8) is 0 Å². The molecule has 1 fully saturated rings. The van der Waals surface area contributed by atoms with E-state index in [0.29, 0.717) is 5.41 Å². The van der Waals surface area contributed by atoms with Crippen molar-refractivity contribution in [3.8, 4) is 0 Å². The molecule has 0 amide bonds. The van der Waals surface area contributed by atoms with E-state index in [1.807, 2.05) is 0 Å². The molecule has 0 saturated heterocycles. The topological polar surface area (TPSA) is 20.2 Å². The maximum absolute atomic E-state index is 9.13. The third kappa shape index (κ3) is 1.96. The summed E-state index contributed by atoms with van der Waals surface area (Å²) in [4.78, 5) is 0. The maximum atomic E-state index is 9.13. The molecule has 11 heavy (non-hydrogen) atoms. The van der Waals surface area contributed by atoms with Gasteiger partial charge in [-0.15, -0.1) is 0 Å². The standard InChI is InChI=1S/C10H20O/c1-7(10(2,3)4)8-5-9(11)6-8/h7-9,11H,5-6H2,1-4H3/t7-,8?,9?/m1/s1. The Balaban J connectivity index is 2.38. The number of rotatable bonds is 1.